The molecule has 1 aliphatic carbocycles. The van der Waals surface area contributed by atoms with Gasteiger partial charge in [0.05, 0.1) is 12.7 Å². The number of Topliss-reactive ketones (excluding diaryl/α,β-unsaturated/α-hetero) is 1. The fraction of sp³-hybridized carbons (Fsp3) is 0.273. The van der Waals surface area contributed by atoms with Gasteiger partial charge in [-0.25, -0.2) is 4.79 Å². The molecule has 0 fully saturated rings. The molecule has 0 radical (unpaired) electrons. The van der Waals surface area contributed by atoms with Gasteiger partial charge in [0.1, 0.15) is 0 Å². The van der Waals surface area contributed by atoms with Crippen LogP contribution in [0.25, 0.3) is 0 Å². The first-order chi connectivity index (χ1) is 6.72. The van der Waals surface area contributed by atoms with E-state index in [1.807, 2.05) is 0 Å². The molecule has 0 amide bonds. The van der Waals surface area contributed by atoms with Gasteiger partial charge in [-0.05, 0) is 24.1 Å². The third-order valence-electron chi connectivity index (χ3n) is 2.45. The van der Waals surface area contributed by atoms with Crippen LogP contribution in [0.2, 0.25) is 0 Å². The number of hydrogen-bond acceptors (Lipinski definition) is 3. The minimum Gasteiger partial charge on any atom is -0.465 e. The number of rotatable bonds is 1. The zero-order valence-corrected chi connectivity index (χ0v) is 7.87. The monoisotopic (exact) mass is 190 g/mol. The van der Waals surface area contributed by atoms with E-state index in [0.29, 0.717) is 12.0 Å². The van der Waals surface area contributed by atoms with E-state index in [0.717, 1.165) is 17.5 Å². The SMILES string of the molecule is COC(=O)c1ccc2c(c1)CCC2=O. The Morgan fingerprint density at radius 3 is 2.86 bits per heavy atom. The summed E-state index contributed by atoms with van der Waals surface area (Å²) in [6, 6.07) is 5.08. The van der Waals surface area contributed by atoms with Gasteiger partial charge in [0.2, 0.25) is 0 Å². The lowest BCUT2D eigenvalue weighted by Crippen LogP contribution is -2.02. The second-order valence-electron chi connectivity index (χ2n) is 3.29. The van der Waals surface area contributed by atoms with E-state index in [1.54, 1.807) is 18.2 Å². The normalized spacial score (nSPS) is 13.9. The Morgan fingerprint density at radius 2 is 2.14 bits per heavy atom. The molecular formula is C11H10O3. The van der Waals surface area contributed by atoms with Gasteiger partial charge in [-0.1, -0.05) is 6.07 Å². The Bertz CT molecular complexity index is 407. The summed E-state index contributed by atoms with van der Waals surface area (Å²) in [5, 5.41) is 0. The number of ether oxygens (including phenoxy) is 1. The van der Waals surface area contributed by atoms with Crippen LogP contribution in [0.15, 0.2) is 18.2 Å². The lowest BCUT2D eigenvalue weighted by molar-refractivity contribution is 0.0600. The number of fused-ring (bicyclic) bond motifs is 1. The summed E-state index contributed by atoms with van der Waals surface area (Å²) in [5.74, 6) is -0.191. The van der Waals surface area contributed by atoms with Crippen LogP contribution in [0.3, 0.4) is 0 Å². The average Bonchev–Trinajstić information content (AvgIpc) is 2.59. The fourth-order valence-corrected chi connectivity index (χ4v) is 1.70. The molecule has 1 aliphatic rings. The number of ketones is 1. The number of carbonyl (C=O) groups excluding carboxylic acids is 2. The summed E-state index contributed by atoms with van der Waals surface area (Å²) in [7, 11) is 1.35. The van der Waals surface area contributed by atoms with Crippen LogP contribution in [0, 0.1) is 0 Å². The highest BCUT2D eigenvalue weighted by Gasteiger charge is 2.20. The molecule has 0 saturated carbocycles. The van der Waals surface area contributed by atoms with E-state index in [-0.39, 0.29) is 11.8 Å². The average molecular weight is 190 g/mol. The molecule has 2 rings (SSSR count). The molecule has 0 N–H and O–H groups in total. The van der Waals surface area contributed by atoms with Crippen LogP contribution in [0.5, 0.6) is 0 Å². The maximum absolute atomic E-state index is 11.3. The molecule has 14 heavy (non-hydrogen) atoms. The minimum absolute atomic E-state index is 0.163. The Labute approximate surface area is 81.7 Å². The van der Waals surface area contributed by atoms with Crippen molar-refractivity contribution in [2.75, 3.05) is 7.11 Å². The van der Waals surface area contributed by atoms with Gasteiger partial charge in [-0.2, -0.15) is 0 Å². The molecule has 0 saturated heterocycles. The first-order valence-corrected chi connectivity index (χ1v) is 4.47. The number of methoxy groups -OCH3 is 1. The third kappa shape index (κ3) is 1.31. The zero-order valence-electron chi connectivity index (χ0n) is 7.87. The largest absolute Gasteiger partial charge is 0.465 e. The van der Waals surface area contributed by atoms with Crippen molar-refractivity contribution in [1.82, 2.24) is 0 Å². The van der Waals surface area contributed by atoms with Gasteiger partial charge in [-0.3, -0.25) is 4.79 Å². The Morgan fingerprint density at radius 1 is 1.36 bits per heavy atom. The molecule has 0 unspecified atom stereocenters. The van der Waals surface area contributed by atoms with Crippen LogP contribution in [-0.4, -0.2) is 18.9 Å². The van der Waals surface area contributed by atoms with Crippen LogP contribution in [-0.2, 0) is 11.2 Å². The molecule has 3 heteroatoms. The highest BCUT2D eigenvalue weighted by molar-refractivity contribution is 6.01. The quantitative estimate of drug-likeness (QED) is 0.632. The van der Waals surface area contributed by atoms with Crippen molar-refractivity contribution in [3.8, 4) is 0 Å². The van der Waals surface area contributed by atoms with E-state index in [1.165, 1.54) is 7.11 Å². The smallest absolute Gasteiger partial charge is 0.337 e. The van der Waals surface area contributed by atoms with Gasteiger partial charge in [0.15, 0.2) is 5.78 Å². The third-order valence-corrected chi connectivity index (χ3v) is 2.45. The molecular weight excluding hydrogens is 180 g/mol. The molecule has 0 aromatic heterocycles. The molecule has 0 bridgehead atoms. The molecule has 0 spiro atoms. The highest BCUT2D eigenvalue weighted by Crippen LogP contribution is 2.23. The first-order valence-electron chi connectivity index (χ1n) is 4.47. The van der Waals surface area contributed by atoms with Crippen LogP contribution in [0.4, 0.5) is 0 Å². The predicted octanol–water partition coefficient (Wildman–Crippen LogP) is 1.60. The number of benzene rings is 1. The number of aryl methyl sites for hydroxylation is 1. The summed E-state index contributed by atoms with van der Waals surface area (Å²) >= 11 is 0. The van der Waals surface area contributed by atoms with Crippen LogP contribution in [0.1, 0.15) is 32.7 Å². The molecule has 0 atom stereocenters. The maximum atomic E-state index is 11.3. The van der Waals surface area contributed by atoms with Crippen molar-refractivity contribution in [2.45, 2.75) is 12.8 Å². The number of esters is 1. The highest BCUT2D eigenvalue weighted by atomic mass is 16.5. The van der Waals surface area contributed by atoms with E-state index >= 15 is 0 Å². The molecule has 3 nitrogen and oxygen atoms in total. The summed E-state index contributed by atoms with van der Waals surface area (Å²) in [5.41, 5.74) is 2.22. The zero-order chi connectivity index (χ0) is 10.1. The van der Waals surface area contributed by atoms with Crippen LogP contribution < -0.4 is 0 Å². The summed E-state index contributed by atoms with van der Waals surface area (Å²) in [6.45, 7) is 0. The summed E-state index contributed by atoms with van der Waals surface area (Å²) in [4.78, 5) is 22.5. The van der Waals surface area contributed by atoms with Gasteiger partial charge in [0, 0.05) is 12.0 Å². The molecule has 72 valence electrons. The van der Waals surface area contributed by atoms with Gasteiger partial charge >= 0.3 is 5.97 Å². The van der Waals surface area contributed by atoms with E-state index in [2.05, 4.69) is 4.74 Å². The van der Waals surface area contributed by atoms with Crippen molar-refractivity contribution in [2.24, 2.45) is 0 Å². The van der Waals surface area contributed by atoms with E-state index in [9.17, 15) is 9.59 Å². The Balaban J connectivity index is 2.42. The summed E-state index contributed by atoms with van der Waals surface area (Å²) in [6.07, 6.45) is 1.29. The second-order valence-corrected chi connectivity index (χ2v) is 3.29. The Kier molecular flexibility index (Phi) is 2.08. The number of hydrogen-bond donors (Lipinski definition) is 0. The van der Waals surface area contributed by atoms with Gasteiger partial charge in [0.25, 0.3) is 0 Å². The fourth-order valence-electron chi connectivity index (χ4n) is 1.70. The van der Waals surface area contributed by atoms with Gasteiger partial charge < -0.3 is 4.74 Å². The predicted molar refractivity (Wildman–Crippen MR) is 50.4 cm³/mol. The van der Waals surface area contributed by atoms with E-state index in [4.69, 9.17) is 0 Å². The van der Waals surface area contributed by atoms with Crippen molar-refractivity contribution in [1.29, 1.82) is 0 Å². The first kappa shape index (κ1) is 8.94. The lowest BCUT2D eigenvalue weighted by Gasteiger charge is -2.01. The van der Waals surface area contributed by atoms with Crippen molar-refractivity contribution in [3.63, 3.8) is 0 Å². The molecule has 0 heterocycles. The van der Waals surface area contributed by atoms with Gasteiger partial charge in [-0.15, -0.1) is 0 Å². The van der Waals surface area contributed by atoms with Crippen molar-refractivity contribution >= 4 is 11.8 Å². The standard InChI is InChI=1S/C11H10O3/c1-14-11(13)8-2-4-9-7(6-8)3-5-10(9)12/h2,4,6H,3,5H2,1H3. The molecule has 0 aliphatic heterocycles. The lowest BCUT2D eigenvalue weighted by atomic mass is 10.1. The molecule has 1 aromatic carbocycles. The molecule has 1 aromatic rings. The maximum Gasteiger partial charge on any atom is 0.337 e. The summed E-state index contributed by atoms with van der Waals surface area (Å²) < 4.78 is 4.60. The number of carbonyl (C=O) groups is 2. The topological polar surface area (TPSA) is 43.4 Å². The Hall–Kier alpha value is -1.64. The van der Waals surface area contributed by atoms with Crippen LogP contribution >= 0.6 is 0 Å². The van der Waals surface area contributed by atoms with Crippen molar-refractivity contribution in [3.05, 3.63) is 34.9 Å². The van der Waals surface area contributed by atoms with Crippen molar-refractivity contribution < 1.29 is 14.3 Å². The minimum atomic E-state index is -0.354. The van der Waals surface area contributed by atoms with E-state index < -0.39 is 0 Å². The second kappa shape index (κ2) is 3.25.